The van der Waals surface area contributed by atoms with Gasteiger partial charge in [-0.3, -0.25) is 4.79 Å². The first-order valence-electron chi connectivity index (χ1n) is 11.0. The Balaban J connectivity index is 1.46. The molecular formula is C26H29FO2. The van der Waals surface area contributed by atoms with Gasteiger partial charge in [-0.2, -0.15) is 0 Å². The maximum absolute atomic E-state index is 13.2. The summed E-state index contributed by atoms with van der Waals surface area (Å²) in [6, 6.07) is 15.5. The first-order valence-corrected chi connectivity index (χ1v) is 11.0. The maximum Gasteiger partial charge on any atom is 0.312 e. The van der Waals surface area contributed by atoms with Crippen molar-refractivity contribution in [3.63, 3.8) is 0 Å². The zero-order valence-corrected chi connectivity index (χ0v) is 17.3. The number of ether oxygens (including phenoxy) is 1. The molecule has 4 aliphatic carbocycles. The van der Waals surface area contributed by atoms with Gasteiger partial charge >= 0.3 is 5.97 Å². The molecule has 2 unspecified atom stereocenters. The van der Waals surface area contributed by atoms with Crippen LogP contribution < -0.4 is 0 Å². The topological polar surface area (TPSA) is 26.3 Å². The molecule has 4 fully saturated rings. The van der Waals surface area contributed by atoms with Gasteiger partial charge in [0, 0.05) is 0 Å². The molecule has 3 heteroatoms. The fourth-order valence-electron chi connectivity index (χ4n) is 6.84. The Hall–Kier alpha value is -2.16. The van der Waals surface area contributed by atoms with Gasteiger partial charge in [0.1, 0.15) is 5.82 Å². The van der Waals surface area contributed by atoms with Crippen LogP contribution in [0.25, 0.3) is 11.1 Å². The molecule has 0 heterocycles. The normalized spacial score (nSPS) is 32.6. The Kier molecular flexibility index (Phi) is 4.34. The third-order valence-electron chi connectivity index (χ3n) is 7.51. The van der Waals surface area contributed by atoms with E-state index in [9.17, 15) is 9.18 Å². The summed E-state index contributed by atoms with van der Waals surface area (Å²) in [5.74, 6) is 1.09. The van der Waals surface area contributed by atoms with Crippen LogP contribution in [0.4, 0.5) is 4.39 Å². The SMILES string of the molecule is CC(C)OC(=O)C12CC3CC(C1)CC(c1ccc(-c4ccc(F)cc4)cc1)(C3)C2. The first kappa shape index (κ1) is 18.8. The van der Waals surface area contributed by atoms with Crippen LogP contribution in [0.2, 0.25) is 0 Å². The van der Waals surface area contributed by atoms with E-state index in [2.05, 4.69) is 24.3 Å². The highest BCUT2D eigenvalue weighted by Gasteiger charge is 2.61. The van der Waals surface area contributed by atoms with Crippen molar-refractivity contribution in [3.05, 3.63) is 59.9 Å². The molecule has 2 nitrogen and oxygen atoms in total. The van der Waals surface area contributed by atoms with Gasteiger partial charge < -0.3 is 4.74 Å². The number of carbonyl (C=O) groups excluding carboxylic acids is 1. The number of rotatable bonds is 4. The van der Waals surface area contributed by atoms with E-state index in [-0.39, 0.29) is 28.7 Å². The van der Waals surface area contributed by atoms with E-state index in [1.54, 1.807) is 0 Å². The number of hydrogen-bond acceptors (Lipinski definition) is 2. The summed E-state index contributed by atoms with van der Waals surface area (Å²) in [5.41, 5.74) is 3.30. The van der Waals surface area contributed by atoms with Crippen LogP contribution in [0.3, 0.4) is 0 Å². The molecule has 0 radical (unpaired) electrons. The van der Waals surface area contributed by atoms with Crippen LogP contribution in [-0.2, 0) is 14.9 Å². The largest absolute Gasteiger partial charge is 0.463 e. The lowest BCUT2D eigenvalue weighted by Gasteiger charge is -2.61. The van der Waals surface area contributed by atoms with Crippen molar-refractivity contribution in [2.45, 2.75) is 63.9 Å². The van der Waals surface area contributed by atoms with Crippen molar-refractivity contribution in [1.82, 2.24) is 0 Å². The molecule has 0 aromatic heterocycles. The highest BCUT2D eigenvalue weighted by atomic mass is 19.1. The van der Waals surface area contributed by atoms with E-state index in [0.29, 0.717) is 11.8 Å². The Morgan fingerprint density at radius 3 is 2.03 bits per heavy atom. The molecular weight excluding hydrogens is 363 g/mol. The van der Waals surface area contributed by atoms with Crippen molar-refractivity contribution in [3.8, 4) is 11.1 Å². The lowest BCUT2D eigenvalue weighted by atomic mass is 9.43. The van der Waals surface area contributed by atoms with Gasteiger partial charge in [0.15, 0.2) is 0 Å². The summed E-state index contributed by atoms with van der Waals surface area (Å²) in [6.45, 7) is 3.89. The molecule has 2 aromatic rings. The minimum absolute atomic E-state index is 0.0360. The minimum Gasteiger partial charge on any atom is -0.463 e. The second-order valence-electron chi connectivity index (χ2n) is 10.1. The van der Waals surface area contributed by atoms with Crippen LogP contribution in [0.5, 0.6) is 0 Å². The predicted molar refractivity (Wildman–Crippen MR) is 112 cm³/mol. The van der Waals surface area contributed by atoms with Crippen molar-refractivity contribution in [2.24, 2.45) is 17.3 Å². The summed E-state index contributed by atoms with van der Waals surface area (Å²) >= 11 is 0. The highest BCUT2D eigenvalue weighted by Crippen LogP contribution is 2.66. The molecule has 29 heavy (non-hydrogen) atoms. The zero-order valence-electron chi connectivity index (χ0n) is 17.3. The molecule has 2 atom stereocenters. The Bertz CT molecular complexity index is 899. The second kappa shape index (κ2) is 6.68. The number of benzene rings is 2. The summed E-state index contributed by atoms with van der Waals surface area (Å²) in [5, 5.41) is 0. The molecule has 0 N–H and O–H groups in total. The van der Waals surface area contributed by atoms with Crippen molar-refractivity contribution < 1.29 is 13.9 Å². The van der Waals surface area contributed by atoms with Crippen molar-refractivity contribution in [2.75, 3.05) is 0 Å². The van der Waals surface area contributed by atoms with Gasteiger partial charge in [-0.15, -0.1) is 0 Å². The highest BCUT2D eigenvalue weighted by molar-refractivity contribution is 5.78. The summed E-state index contributed by atoms with van der Waals surface area (Å²) in [7, 11) is 0. The summed E-state index contributed by atoms with van der Waals surface area (Å²) < 4.78 is 19.0. The van der Waals surface area contributed by atoms with Gasteiger partial charge in [0.25, 0.3) is 0 Å². The molecule has 2 aromatic carbocycles. The number of carbonyl (C=O) groups is 1. The average Bonchev–Trinajstić information content (AvgIpc) is 2.67. The molecule has 4 saturated carbocycles. The number of esters is 1. The second-order valence-corrected chi connectivity index (χ2v) is 10.1. The van der Waals surface area contributed by atoms with Crippen LogP contribution in [0.1, 0.15) is 57.9 Å². The number of halogens is 1. The van der Waals surface area contributed by atoms with Crippen LogP contribution in [0, 0.1) is 23.1 Å². The first-order chi connectivity index (χ1) is 13.9. The van der Waals surface area contributed by atoms with Gasteiger partial charge in [-0.05, 0) is 98.4 Å². The average molecular weight is 393 g/mol. The molecule has 0 amide bonds. The summed E-state index contributed by atoms with van der Waals surface area (Å²) in [4.78, 5) is 13.1. The molecule has 152 valence electrons. The van der Waals surface area contributed by atoms with E-state index in [4.69, 9.17) is 4.74 Å². The number of hydrogen-bond donors (Lipinski definition) is 0. The van der Waals surface area contributed by atoms with Gasteiger partial charge in [-0.1, -0.05) is 36.4 Å². The molecule has 0 aliphatic heterocycles. The fraction of sp³-hybridized carbons (Fsp3) is 0.500. The third kappa shape index (κ3) is 3.19. The molecule has 0 spiro atoms. The lowest BCUT2D eigenvalue weighted by Crippen LogP contribution is -2.57. The Morgan fingerprint density at radius 2 is 1.48 bits per heavy atom. The third-order valence-corrected chi connectivity index (χ3v) is 7.51. The van der Waals surface area contributed by atoms with Crippen molar-refractivity contribution in [1.29, 1.82) is 0 Å². The van der Waals surface area contributed by atoms with Gasteiger partial charge in [0.2, 0.25) is 0 Å². The fourth-order valence-corrected chi connectivity index (χ4v) is 6.84. The van der Waals surface area contributed by atoms with Crippen LogP contribution >= 0.6 is 0 Å². The van der Waals surface area contributed by atoms with Gasteiger partial charge in [-0.25, -0.2) is 4.39 Å². The van der Waals surface area contributed by atoms with E-state index < -0.39 is 0 Å². The Labute approximate surface area is 172 Å². The standard InChI is InChI=1S/C26H29FO2/c1-17(2)29-24(28)26-14-18-11-19(15-26)13-25(12-18,16-26)22-7-3-20(4-8-22)21-5-9-23(27)10-6-21/h3-10,17-19H,11-16H2,1-2H3. The quantitative estimate of drug-likeness (QED) is 0.572. The molecule has 4 aliphatic rings. The Morgan fingerprint density at radius 1 is 0.931 bits per heavy atom. The van der Waals surface area contributed by atoms with E-state index in [0.717, 1.165) is 30.4 Å². The molecule has 4 bridgehead atoms. The van der Waals surface area contributed by atoms with E-state index in [1.807, 2.05) is 26.0 Å². The molecule has 0 saturated heterocycles. The monoisotopic (exact) mass is 392 g/mol. The maximum atomic E-state index is 13.2. The van der Waals surface area contributed by atoms with Crippen molar-refractivity contribution >= 4 is 5.97 Å². The smallest absolute Gasteiger partial charge is 0.312 e. The van der Waals surface area contributed by atoms with Gasteiger partial charge in [0.05, 0.1) is 11.5 Å². The van der Waals surface area contributed by atoms with Crippen LogP contribution in [0.15, 0.2) is 48.5 Å². The lowest BCUT2D eigenvalue weighted by molar-refractivity contribution is -0.177. The summed E-state index contributed by atoms with van der Waals surface area (Å²) in [6.07, 6.45) is 6.53. The van der Waals surface area contributed by atoms with E-state index in [1.165, 1.54) is 37.0 Å². The van der Waals surface area contributed by atoms with Crippen LogP contribution in [-0.4, -0.2) is 12.1 Å². The molecule has 6 rings (SSSR count). The predicted octanol–water partition coefficient (Wildman–Crippen LogP) is 6.28. The minimum atomic E-state index is -0.288. The zero-order chi connectivity index (χ0) is 20.2. The van der Waals surface area contributed by atoms with E-state index >= 15 is 0 Å².